The van der Waals surface area contributed by atoms with Crippen LogP contribution in [0.15, 0.2) is 35.2 Å². The van der Waals surface area contributed by atoms with Crippen molar-refractivity contribution in [1.82, 2.24) is 0 Å². The lowest BCUT2D eigenvalue weighted by atomic mass is 9.93. The van der Waals surface area contributed by atoms with Crippen LogP contribution in [0.2, 0.25) is 0 Å². The Morgan fingerprint density at radius 2 is 1.94 bits per heavy atom. The number of carboxylic acids is 1. The van der Waals surface area contributed by atoms with Crippen molar-refractivity contribution >= 4 is 17.7 Å². The van der Waals surface area contributed by atoms with Gasteiger partial charge in [-0.15, -0.1) is 11.8 Å². The summed E-state index contributed by atoms with van der Waals surface area (Å²) in [5.41, 5.74) is 5.93. The normalized spacial score (nSPS) is 14.6. The van der Waals surface area contributed by atoms with Crippen LogP contribution in [0.3, 0.4) is 0 Å². The van der Waals surface area contributed by atoms with Gasteiger partial charge in [0.2, 0.25) is 0 Å². The fourth-order valence-corrected chi connectivity index (χ4v) is 2.60. The Balaban J connectivity index is 2.60. The minimum absolute atomic E-state index is 0.174. The lowest BCUT2D eigenvalue weighted by molar-refractivity contribution is -0.141. The average Bonchev–Trinajstić information content (AvgIpc) is 2.29. The molecule has 0 bridgehead atoms. The zero-order valence-electron chi connectivity index (χ0n) is 10.2. The molecule has 2 atom stereocenters. The van der Waals surface area contributed by atoms with Crippen molar-refractivity contribution in [3.63, 3.8) is 0 Å². The molecule has 0 fully saturated rings. The van der Waals surface area contributed by atoms with Crippen molar-refractivity contribution in [2.45, 2.75) is 24.8 Å². The molecule has 0 radical (unpaired) electrons. The van der Waals surface area contributed by atoms with Crippen LogP contribution in [0.1, 0.15) is 13.8 Å². The summed E-state index contributed by atoms with van der Waals surface area (Å²) in [6, 6.07) is 9.48. The zero-order valence-corrected chi connectivity index (χ0v) is 11.0. The number of benzene rings is 1. The fourth-order valence-electron chi connectivity index (χ4n) is 1.51. The van der Waals surface area contributed by atoms with E-state index in [4.69, 9.17) is 5.73 Å². The van der Waals surface area contributed by atoms with E-state index in [0.29, 0.717) is 5.75 Å². The van der Waals surface area contributed by atoms with E-state index in [0.717, 1.165) is 4.90 Å². The van der Waals surface area contributed by atoms with Crippen molar-refractivity contribution in [3.05, 3.63) is 30.3 Å². The van der Waals surface area contributed by atoms with E-state index in [-0.39, 0.29) is 12.0 Å². The van der Waals surface area contributed by atoms with Gasteiger partial charge in [0.05, 0.1) is 5.92 Å². The first-order valence-corrected chi connectivity index (χ1v) is 6.67. The minimum atomic E-state index is -0.811. The Labute approximate surface area is 106 Å². The molecular formula is C13H19NO2S. The maximum Gasteiger partial charge on any atom is 0.308 e. The van der Waals surface area contributed by atoms with Crippen molar-refractivity contribution < 1.29 is 9.90 Å². The number of carbonyl (C=O) groups is 1. The Kier molecular flexibility index (Phi) is 5.51. The molecule has 0 aliphatic heterocycles. The molecule has 94 valence electrons. The monoisotopic (exact) mass is 253 g/mol. The molecule has 0 unspecified atom stereocenters. The largest absolute Gasteiger partial charge is 0.481 e. The highest BCUT2D eigenvalue weighted by molar-refractivity contribution is 7.99. The number of aliphatic carboxylic acids is 1. The number of thioether (sulfide) groups is 1. The average molecular weight is 253 g/mol. The molecule has 1 aromatic rings. The first-order chi connectivity index (χ1) is 8.02. The van der Waals surface area contributed by atoms with Crippen LogP contribution in [0.4, 0.5) is 0 Å². The van der Waals surface area contributed by atoms with Crippen LogP contribution in [-0.4, -0.2) is 22.9 Å². The topological polar surface area (TPSA) is 63.3 Å². The number of hydrogen-bond donors (Lipinski definition) is 2. The Bertz CT molecular complexity index is 354. The summed E-state index contributed by atoms with van der Waals surface area (Å²) in [5, 5.41) is 9.18. The summed E-state index contributed by atoms with van der Waals surface area (Å²) in [7, 11) is 0. The van der Waals surface area contributed by atoms with Crippen LogP contribution in [-0.2, 0) is 4.79 Å². The highest BCUT2D eigenvalue weighted by Gasteiger charge is 2.27. The van der Waals surface area contributed by atoms with Gasteiger partial charge in [0, 0.05) is 16.7 Å². The Morgan fingerprint density at radius 3 is 2.41 bits per heavy atom. The highest BCUT2D eigenvalue weighted by Crippen LogP contribution is 2.23. The summed E-state index contributed by atoms with van der Waals surface area (Å²) in [4.78, 5) is 12.3. The molecule has 1 aromatic carbocycles. The Morgan fingerprint density at radius 1 is 1.35 bits per heavy atom. The molecule has 17 heavy (non-hydrogen) atoms. The molecule has 0 amide bonds. The van der Waals surface area contributed by atoms with E-state index < -0.39 is 11.9 Å². The molecule has 0 aromatic heterocycles. The van der Waals surface area contributed by atoms with Crippen molar-refractivity contribution in [2.24, 2.45) is 17.6 Å². The molecule has 0 heterocycles. The maximum atomic E-state index is 11.2. The van der Waals surface area contributed by atoms with Gasteiger partial charge in [0.25, 0.3) is 0 Å². The number of nitrogens with two attached hydrogens (primary N) is 1. The van der Waals surface area contributed by atoms with E-state index in [2.05, 4.69) is 0 Å². The van der Waals surface area contributed by atoms with Crippen molar-refractivity contribution in [1.29, 1.82) is 0 Å². The predicted octanol–water partition coefficient (Wildman–Crippen LogP) is 2.46. The second-order valence-corrected chi connectivity index (χ2v) is 5.48. The van der Waals surface area contributed by atoms with Gasteiger partial charge in [-0.25, -0.2) is 0 Å². The van der Waals surface area contributed by atoms with Crippen LogP contribution in [0.5, 0.6) is 0 Å². The molecule has 0 saturated carbocycles. The molecule has 3 nitrogen and oxygen atoms in total. The van der Waals surface area contributed by atoms with Crippen LogP contribution in [0, 0.1) is 11.8 Å². The Hall–Kier alpha value is -1.00. The van der Waals surface area contributed by atoms with Crippen LogP contribution < -0.4 is 5.73 Å². The molecule has 0 saturated heterocycles. The summed E-state index contributed by atoms with van der Waals surface area (Å²) >= 11 is 1.54. The SMILES string of the molecule is CC(C)[C@H](N)[C@@H](CSc1ccccc1)C(=O)O. The molecule has 4 heteroatoms. The molecule has 3 N–H and O–H groups in total. The van der Waals surface area contributed by atoms with E-state index in [1.54, 1.807) is 11.8 Å². The number of hydrogen-bond acceptors (Lipinski definition) is 3. The van der Waals surface area contributed by atoms with Gasteiger partial charge in [-0.05, 0) is 18.1 Å². The van der Waals surface area contributed by atoms with Gasteiger partial charge in [0.15, 0.2) is 0 Å². The second kappa shape index (κ2) is 6.67. The van der Waals surface area contributed by atoms with E-state index >= 15 is 0 Å². The van der Waals surface area contributed by atoms with Gasteiger partial charge in [-0.3, -0.25) is 4.79 Å². The number of carboxylic acid groups (broad SMARTS) is 1. The first kappa shape index (κ1) is 14.1. The summed E-state index contributed by atoms with van der Waals surface area (Å²) < 4.78 is 0. The third-order valence-electron chi connectivity index (χ3n) is 2.72. The van der Waals surface area contributed by atoms with Crippen molar-refractivity contribution in [3.8, 4) is 0 Å². The molecule has 0 spiro atoms. The minimum Gasteiger partial charge on any atom is -0.481 e. The predicted molar refractivity (Wildman–Crippen MR) is 71.1 cm³/mol. The lowest BCUT2D eigenvalue weighted by Crippen LogP contribution is -2.41. The quantitative estimate of drug-likeness (QED) is 0.764. The van der Waals surface area contributed by atoms with Gasteiger partial charge in [0.1, 0.15) is 0 Å². The van der Waals surface area contributed by atoms with E-state index in [1.165, 1.54) is 0 Å². The zero-order chi connectivity index (χ0) is 12.8. The third kappa shape index (κ3) is 4.40. The van der Waals surface area contributed by atoms with Gasteiger partial charge in [-0.2, -0.15) is 0 Å². The lowest BCUT2D eigenvalue weighted by Gasteiger charge is -2.22. The second-order valence-electron chi connectivity index (χ2n) is 4.39. The highest BCUT2D eigenvalue weighted by atomic mass is 32.2. The maximum absolute atomic E-state index is 11.2. The standard InChI is InChI=1S/C13H19NO2S/c1-9(2)12(14)11(13(15)16)8-17-10-6-4-3-5-7-10/h3-7,9,11-12H,8,14H2,1-2H3,(H,15,16)/t11-,12+/m1/s1. The molecular weight excluding hydrogens is 234 g/mol. The van der Waals surface area contributed by atoms with Crippen LogP contribution >= 0.6 is 11.8 Å². The van der Waals surface area contributed by atoms with E-state index in [1.807, 2.05) is 44.2 Å². The molecule has 0 aliphatic carbocycles. The summed E-state index contributed by atoms with van der Waals surface area (Å²) in [6.07, 6.45) is 0. The summed E-state index contributed by atoms with van der Waals surface area (Å²) in [6.45, 7) is 3.90. The van der Waals surface area contributed by atoms with Gasteiger partial charge >= 0.3 is 5.97 Å². The van der Waals surface area contributed by atoms with Crippen LogP contribution in [0.25, 0.3) is 0 Å². The smallest absolute Gasteiger partial charge is 0.308 e. The number of rotatable bonds is 6. The summed E-state index contributed by atoms with van der Waals surface area (Å²) in [5.74, 6) is -0.624. The molecule has 1 rings (SSSR count). The van der Waals surface area contributed by atoms with Crippen molar-refractivity contribution in [2.75, 3.05) is 5.75 Å². The van der Waals surface area contributed by atoms with Gasteiger partial charge < -0.3 is 10.8 Å². The molecule has 0 aliphatic rings. The van der Waals surface area contributed by atoms with E-state index in [9.17, 15) is 9.90 Å². The first-order valence-electron chi connectivity index (χ1n) is 5.68. The third-order valence-corrected chi connectivity index (χ3v) is 3.86. The van der Waals surface area contributed by atoms with Gasteiger partial charge in [-0.1, -0.05) is 32.0 Å². The fraction of sp³-hybridized carbons (Fsp3) is 0.462.